The second kappa shape index (κ2) is 4.30. The first kappa shape index (κ1) is 11.0. The zero-order chi connectivity index (χ0) is 11.8. The third-order valence-electron chi connectivity index (χ3n) is 3.46. The fourth-order valence-electron chi connectivity index (χ4n) is 2.61. The van der Waals surface area contributed by atoms with Gasteiger partial charge in [0.05, 0.1) is 11.4 Å². The highest BCUT2D eigenvalue weighted by Gasteiger charge is 2.19. The smallest absolute Gasteiger partial charge is 0.0790 e. The number of benzene rings is 1. The first-order chi connectivity index (χ1) is 8.27. The summed E-state index contributed by atoms with van der Waals surface area (Å²) in [6.07, 6.45) is 4.92. The van der Waals surface area contributed by atoms with Crippen LogP contribution in [0.25, 0.3) is 5.69 Å². The molecule has 1 aromatic heterocycles. The van der Waals surface area contributed by atoms with Crippen molar-refractivity contribution in [2.24, 2.45) is 0 Å². The third-order valence-corrected chi connectivity index (χ3v) is 4.13. The van der Waals surface area contributed by atoms with E-state index in [0.717, 1.165) is 16.6 Å². The van der Waals surface area contributed by atoms with Crippen molar-refractivity contribution in [2.45, 2.75) is 32.6 Å². The van der Waals surface area contributed by atoms with E-state index in [4.69, 9.17) is 5.10 Å². The van der Waals surface area contributed by atoms with Crippen LogP contribution < -0.4 is 0 Å². The largest absolute Gasteiger partial charge is 0.236 e. The van der Waals surface area contributed by atoms with Gasteiger partial charge in [0.2, 0.25) is 0 Å². The van der Waals surface area contributed by atoms with Crippen LogP contribution in [0.4, 0.5) is 0 Å². The van der Waals surface area contributed by atoms with Crippen LogP contribution in [0.1, 0.15) is 29.8 Å². The molecule has 0 amide bonds. The number of hydrogen-bond acceptors (Lipinski definition) is 1. The summed E-state index contributed by atoms with van der Waals surface area (Å²) in [5, 5.41) is 4.71. The first-order valence-corrected chi connectivity index (χ1v) is 6.89. The quantitative estimate of drug-likeness (QED) is 0.781. The molecule has 3 rings (SSSR count). The molecule has 1 aliphatic rings. The molecule has 0 unspecified atom stereocenters. The molecule has 0 spiro atoms. The highest BCUT2D eigenvalue weighted by molar-refractivity contribution is 9.10. The van der Waals surface area contributed by atoms with Gasteiger partial charge in [-0.05, 0) is 66.2 Å². The minimum atomic E-state index is 1.11. The second-order valence-corrected chi connectivity index (χ2v) is 5.44. The molecular weight excluding hydrogens is 276 g/mol. The summed E-state index contributed by atoms with van der Waals surface area (Å²) >= 11 is 3.61. The zero-order valence-corrected chi connectivity index (χ0v) is 11.5. The van der Waals surface area contributed by atoms with E-state index < -0.39 is 0 Å². The summed E-state index contributed by atoms with van der Waals surface area (Å²) in [4.78, 5) is 0. The highest BCUT2D eigenvalue weighted by atomic mass is 79.9. The van der Waals surface area contributed by atoms with Gasteiger partial charge in [-0.1, -0.05) is 12.1 Å². The Hall–Kier alpha value is -1.09. The second-order valence-electron chi connectivity index (χ2n) is 4.58. The van der Waals surface area contributed by atoms with Crippen molar-refractivity contribution in [2.75, 3.05) is 0 Å². The fraction of sp³-hybridized carbons (Fsp3) is 0.357. The lowest BCUT2D eigenvalue weighted by atomic mass is 9.96. The van der Waals surface area contributed by atoms with Crippen LogP contribution >= 0.6 is 15.9 Å². The third kappa shape index (κ3) is 1.82. The van der Waals surface area contributed by atoms with E-state index in [1.165, 1.54) is 36.2 Å². The molecule has 17 heavy (non-hydrogen) atoms. The molecular formula is C14H15BrN2. The Bertz CT molecular complexity index is 557. The SMILES string of the molecule is Cc1nn(-c2ccccc2Br)c2c1CCCC2. The van der Waals surface area contributed by atoms with Crippen molar-refractivity contribution in [3.63, 3.8) is 0 Å². The highest BCUT2D eigenvalue weighted by Crippen LogP contribution is 2.29. The molecule has 0 saturated heterocycles. The molecule has 1 aromatic carbocycles. The first-order valence-electron chi connectivity index (χ1n) is 6.09. The van der Waals surface area contributed by atoms with E-state index in [-0.39, 0.29) is 0 Å². The summed E-state index contributed by atoms with van der Waals surface area (Å²) in [5.41, 5.74) is 5.21. The maximum atomic E-state index is 4.71. The van der Waals surface area contributed by atoms with Crippen LogP contribution in [0.5, 0.6) is 0 Å². The standard InChI is InChI=1S/C14H15BrN2/c1-10-11-6-2-4-8-13(11)17(16-10)14-9-5-3-7-12(14)15/h3,5,7,9H,2,4,6,8H2,1H3. The van der Waals surface area contributed by atoms with E-state index in [1.54, 1.807) is 0 Å². The Kier molecular flexibility index (Phi) is 2.79. The number of fused-ring (bicyclic) bond motifs is 1. The minimum Gasteiger partial charge on any atom is -0.236 e. The van der Waals surface area contributed by atoms with Gasteiger partial charge in [0.15, 0.2) is 0 Å². The Balaban J connectivity index is 2.19. The lowest BCUT2D eigenvalue weighted by Crippen LogP contribution is -2.08. The van der Waals surface area contributed by atoms with Crippen molar-refractivity contribution in [1.29, 1.82) is 0 Å². The Morgan fingerprint density at radius 2 is 1.94 bits per heavy atom. The van der Waals surface area contributed by atoms with Crippen LogP contribution in [-0.2, 0) is 12.8 Å². The monoisotopic (exact) mass is 290 g/mol. The van der Waals surface area contributed by atoms with Gasteiger partial charge in [-0.2, -0.15) is 5.10 Å². The number of nitrogens with zero attached hydrogens (tertiary/aromatic N) is 2. The average Bonchev–Trinajstić information content (AvgIpc) is 2.68. The summed E-state index contributed by atoms with van der Waals surface area (Å²) in [6, 6.07) is 8.29. The molecule has 1 heterocycles. The van der Waals surface area contributed by atoms with Crippen molar-refractivity contribution in [1.82, 2.24) is 9.78 Å². The number of hydrogen-bond donors (Lipinski definition) is 0. The van der Waals surface area contributed by atoms with Gasteiger partial charge >= 0.3 is 0 Å². The van der Waals surface area contributed by atoms with Gasteiger partial charge in [-0.15, -0.1) is 0 Å². The van der Waals surface area contributed by atoms with Gasteiger partial charge in [-0.3, -0.25) is 0 Å². The topological polar surface area (TPSA) is 17.8 Å². The van der Waals surface area contributed by atoms with Gasteiger partial charge in [0.25, 0.3) is 0 Å². The summed E-state index contributed by atoms with van der Waals surface area (Å²) in [5.74, 6) is 0. The molecule has 2 nitrogen and oxygen atoms in total. The molecule has 0 saturated carbocycles. The van der Waals surface area contributed by atoms with Crippen molar-refractivity contribution in [3.8, 4) is 5.69 Å². The molecule has 88 valence electrons. The maximum absolute atomic E-state index is 4.71. The molecule has 0 bridgehead atoms. The number of aromatic nitrogens is 2. The van der Waals surface area contributed by atoms with Gasteiger partial charge < -0.3 is 0 Å². The predicted molar refractivity (Wildman–Crippen MR) is 72.6 cm³/mol. The normalized spacial score (nSPS) is 14.7. The predicted octanol–water partition coefficient (Wildman–Crippen LogP) is 3.82. The number of rotatable bonds is 1. The summed E-state index contributed by atoms with van der Waals surface area (Å²) < 4.78 is 3.23. The Labute approximate surface area is 110 Å². The van der Waals surface area contributed by atoms with Crippen LogP contribution in [0.2, 0.25) is 0 Å². The summed E-state index contributed by atoms with van der Waals surface area (Å²) in [7, 11) is 0. The number of aryl methyl sites for hydroxylation is 1. The van der Waals surface area contributed by atoms with Crippen LogP contribution in [0.15, 0.2) is 28.7 Å². The lowest BCUT2D eigenvalue weighted by Gasteiger charge is -2.14. The van der Waals surface area contributed by atoms with E-state index in [2.05, 4.69) is 45.7 Å². The lowest BCUT2D eigenvalue weighted by molar-refractivity contribution is 0.652. The van der Waals surface area contributed by atoms with Crippen LogP contribution in [0.3, 0.4) is 0 Å². The van der Waals surface area contributed by atoms with Crippen molar-refractivity contribution >= 4 is 15.9 Å². The fourth-order valence-corrected chi connectivity index (χ4v) is 3.06. The molecule has 1 aliphatic carbocycles. The van der Waals surface area contributed by atoms with Gasteiger partial charge in [0, 0.05) is 10.2 Å². The molecule has 3 heteroatoms. The van der Waals surface area contributed by atoms with Gasteiger partial charge in [-0.25, -0.2) is 4.68 Å². The summed E-state index contributed by atoms with van der Waals surface area (Å²) in [6.45, 7) is 2.12. The van der Waals surface area contributed by atoms with E-state index in [9.17, 15) is 0 Å². The molecule has 0 radical (unpaired) electrons. The molecule has 0 aliphatic heterocycles. The average molecular weight is 291 g/mol. The van der Waals surface area contributed by atoms with Crippen LogP contribution in [0, 0.1) is 6.92 Å². The van der Waals surface area contributed by atoms with Gasteiger partial charge in [0.1, 0.15) is 0 Å². The van der Waals surface area contributed by atoms with E-state index in [0.29, 0.717) is 0 Å². The molecule has 0 fully saturated rings. The Morgan fingerprint density at radius 3 is 2.76 bits per heavy atom. The maximum Gasteiger partial charge on any atom is 0.0790 e. The molecule has 0 atom stereocenters. The number of halogens is 1. The van der Waals surface area contributed by atoms with Crippen molar-refractivity contribution in [3.05, 3.63) is 45.7 Å². The van der Waals surface area contributed by atoms with E-state index in [1.807, 2.05) is 6.07 Å². The molecule has 0 N–H and O–H groups in total. The van der Waals surface area contributed by atoms with E-state index >= 15 is 0 Å². The Morgan fingerprint density at radius 1 is 1.18 bits per heavy atom. The number of para-hydroxylation sites is 1. The van der Waals surface area contributed by atoms with Crippen molar-refractivity contribution < 1.29 is 0 Å². The minimum absolute atomic E-state index is 1.11. The molecule has 2 aromatic rings. The van der Waals surface area contributed by atoms with Crippen LogP contribution in [-0.4, -0.2) is 9.78 Å². The zero-order valence-electron chi connectivity index (χ0n) is 9.91.